The predicted octanol–water partition coefficient (Wildman–Crippen LogP) is 2.83. The van der Waals surface area contributed by atoms with Crippen molar-refractivity contribution in [3.8, 4) is 11.5 Å². The number of rotatable bonds is 4. The number of fused-ring (bicyclic) bond motifs is 1. The molecule has 8 heteroatoms. The zero-order chi connectivity index (χ0) is 21.3. The quantitative estimate of drug-likeness (QED) is 0.268. The first-order valence-corrected chi connectivity index (χ1v) is 9.55. The fourth-order valence-electron chi connectivity index (χ4n) is 3.04. The van der Waals surface area contributed by atoms with Gasteiger partial charge in [0.25, 0.3) is 5.91 Å². The number of esters is 1. The summed E-state index contributed by atoms with van der Waals surface area (Å²) in [5, 5.41) is 2.87. The molecule has 0 spiro atoms. The number of para-hydroxylation sites is 1. The van der Waals surface area contributed by atoms with Crippen molar-refractivity contribution in [2.75, 3.05) is 6.61 Å². The molecule has 2 aromatic rings. The second kappa shape index (κ2) is 7.92. The second-order valence-corrected chi connectivity index (χ2v) is 6.81. The van der Waals surface area contributed by atoms with Crippen molar-refractivity contribution in [2.24, 2.45) is 0 Å². The summed E-state index contributed by atoms with van der Waals surface area (Å²) in [4.78, 5) is 38.8. The fraction of sp³-hybridized carbons (Fsp3) is 0.0909. The molecule has 150 valence electrons. The Morgan fingerprint density at radius 2 is 1.83 bits per heavy atom. The van der Waals surface area contributed by atoms with Crippen molar-refractivity contribution in [2.45, 2.75) is 6.92 Å². The van der Waals surface area contributed by atoms with Gasteiger partial charge in [-0.1, -0.05) is 24.3 Å². The third kappa shape index (κ3) is 3.60. The lowest BCUT2D eigenvalue weighted by atomic mass is 10.0. The smallest absolute Gasteiger partial charge is 0.349 e. The van der Waals surface area contributed by atoms with Crippen LogP contribution in [0.1, 0.15) is 22.8 Å². The minimum absolute atomic E-state index is 0.0594. The number of benzene rings is 2. The molecule has 0 aliphatic carbocycles. The molecular weight excluding hydrogens is 404 g/mol. The lowest BCUT2D eigenvalue weighted by molar-refractivity contribution is -0.130. The number of ether oxygens (including phenoxy) is 2. The van der Waals surface area contributed by atoms with Crippen molar-refractivity contribution in [3.05, 3.63) is 77.1 Å². The first-order valence-electron chi connectivity index (χ1n) is 9.14. The largest absolute Gasteiger partial charge is 0.494 e. The molecule has 0 unspecified atom stereocenters. The summed E-state index contributed by atoms with van der Waals surface area (Å²) in [6.07, 6.45) is 2.75. The molecule has 2 heterocycles. The van der Waals surface area contributed by atoms with Crippen LogP contribution in [0.5, 0.6) is 11.5 Å². The van der Waals surface area contributed by atoms with Crippen LogP contribution >= 0.6 is 12.2 Å². The third-order valence-corrected chi connectivity index (χ3v) is 4.77. The Labute approximate surface area is 177 Å². The van der Waals surface area contributed by atoms with Gasteiger partial charge in [-0.25, -0.2) is 4.79 Å². The highest BCUT2D eigenvalue weighted by Gasteiger charge is 2.35. The van der Waals surface area contributed by atoms with E-state index in [0.29, 0.717) is 6.61 Å². The molecule has 1 saturated heterocycles. The Balaban J connectivity index is 1.60. The summed E-state index contributed by atoms with van der Waals surface area (Å²) in [7, 11) is 0. The zero-order valence-electron chi connectivity index (χ0n) is 15.9. The lowest BCUT2D eigenvalue weighted by Crippen LogP contribution is -2.31. The number of nitrogens with one attached hydrogen (secondary N) is 1. The van der Waals surface area contributed by atoms with Crippen LogP contribution in [0.2, 0.25) is 0 Å². The highest BCUT2D eigenvalue weighted by Crippen LogP contribution is 2.28. The monoisotopic (exact) mass is 420 g/mol. The minimum Gasteiger partial charge on any atom is -0.494 e. The van der Waals surface area contributed by atoms with Gasteiger partial charge in [0.15, 0.2) is 5.11 Å². The molecule has 0 atom stereocenters. The van der Waals surface area contributed by atoms with Crippen molar-refractivity contribution in [3.63, 3.8) is 0 Å². The SMILES string of the molecule is CCOc1ccc(/C=C2/NC(=S)N(/C=C3/C(=O)Oc4ccccc4C3=O)C2=O)cc1. The van der Waals surface area contributed by atoms with Crippen LogP contribution in [0.4, 0.5) is 0 Å². The highest BCUT2D eigenvalue weighted by molar-refractivity contribution is 7.80. The van der Waals surface area contributed by atoms with Crippen LogP contribution in [0.25, 0.3) is 6.08 Å². The number of ketones is 1. The molecule has 0 aromatic heterocycles. The van der Waals surface area contributed by atoms with Gasteiger partial charge in [0.1, 0.15) is 22.8 Å². The van der Waals surface area contributed by atoms with E-state index in [-0.39, 0.29) is 27.7 Å². The normalized spacial score (nSPS) is 18.5. The molecule has 2 aromatic carbocycles. The number of carbonyl (C=O) groups is 3. The predicted molar refractivity (Wildman–Crippen MR) is 113 cm³/mol. The Bertz CT molecular complexity index is 1130. The minimum atomic E-state index is -0.835. The maximum Gasteiger partial charge on any atom is 0.349 e. The molecule has 0 radical (unpaired) electrons. The Hall–Kier alpha value is -3.78. The number of hydrogen-bond donors (Lipinski definition) is 1. The molecule has 1 N–H and O–H groups in total. The van der Waals surface area contributed by atoms with Crippen LogP contribution in [-0.2, 0) is 9.59 Å². The van der Waals surface area contributed by atoms with E-state index in [2.05, 4.69) is 5.32 Å². The Morgan fingerprint density at radius 3 is 2.57 bits per heavy atom. The molecule has 30 heavy (non-hydrogen) atoms. The average molecular weight is 420 g/mol. The van der Waals surface area contributed by atoms with Gasteiger partial charge in [0, 0.05) is 6.20 Å². The molecule has 0 saturated carbocycles. The van der Waals surface area contributed by atoms with Gasteiger partial charge in [0.2, 0.25) is 5.78 Å². The fourth-order valence-corrected chi connectivity index (χ4v) is 3.28. The van der Waals surface area contributed by atoms with Gasteiger partial charge in [-0.05, 0) is 55.0 Å². The molecular formula is C22H16N2O5S. The summed E-state index contributed by atoms with van der Waals surface area (Å²) in [6.45, 7) is 2.45. The van der Waals surface area contributed by atoms with E-state index >= 15 is 0 Å². The summed E-state index contributed by atoms with van der Waals surface area (Å²) in [5.74, 6) is -0.934. The van der Waals surface area contributed by atoms with Crippen LogP contribution < -0.4 is 14.8 Å². The molecule has 1 fully saturated rings. The van der Waals surface area contributed by atoms with Gasteiger partial charge < -0.3 is 14.8 Å². The number of hydrogen-bond acceptors (Lipinski definition) is 6. The molecule has 2 aliphatic heterocycles. The van der Waals surface area contributed by atoms with E-state index in [9.17, 15) is 14.4 Å². The lowest BCUT2D eigenvalue weighted by Gasteiger charge is -2.18. The van der Waals surface area contributed by atoms with E-state index in [1.165, 1.54) is 6.07 Å². The molecule has 1 amide bonds. The van der Waals surface area contributed by atoms with E-state index < -0.39 is 17.7 Å². The molecule has 7 nitrogen and oxygen atoms in total. The molecule has 4 rings (SSSR count). The standard InChI is InChI=1S/C22H16N2O5S/c1-2-28-14-9-7-13(8-10-14)11-17-20(26)24(22(30)23-17)12-16-19(25)15-5-3-4-6-18(15)29-21(16)27/h3-12H,2H2,1H3,(H,23,30)/b16-12+,17-11+. The summed E-state index contributed by atoms with van der Waals surface area (Å²) < 4.78 is 10.6. The number of carbonyl (C=O) groups excluding carboxylic acids is 3. The van der Waals surface area contributed by atoms with Crippen LogP contribution in [0, 0.1) is 0 Å². The van der Waals surface area contributed by atoms with Crippen molar-refractivity contribution in [1.82, 2.24) is 10.2 Å². The molecule has 0 bridgehead atoms. The van der Waals surface area contributed by atoms with Crippen LogP contribution in [0.15, 0.2) is 66.0 Å². The maximum absolute atomic E-state index is 12.8. The maximum atomic E-state index is 12.8. The second-order valence-electron chi connectivity index (χ2n) is 6.42. The van der Waals surface area contributed by atoms with Gasteiger partial charge >= 0.3 is 5.97 Å². The van der Waals surface area contributed by atoms with E-state index in [0.717, 1.165) is 22.4 Å². The summed E-state index contributed by atoms with van der Waals surface area (Å²) >= 11 is 5.21. The third-order valence-electron chi connectivity index (χ3n) is 4.47. The van der Waals surface area contributed by atoms with Crippen molar-refractivity contribution >= 4 is 41.1 Å². The van der Waals surface area contributed by atoms with Crippen LogP contribution in [0.3, 0.4) is 0 Å². The van der Waals surface area contributed by atoms with E-state index in [4.69, 9.17) is 21.7 Å². The number of nitrogens with zero attached hydrogens (tertiary/aromatic N) is 1. The van der Waals surface area contributed by atoms with E-state index in [1.54, 1.807) is 48.5 Å². The number of Topliss-reactive ketones (excluding diaryl/α,β-unsaturated/α-hetero) is 1. The van der Waals surface area contributed by atoms with Gasteiger partial charge in [-0.15, -0.1) is 0 Å². The Kier molecular flexibility index (Phi) is 5.16. The van der Waals surface area contributed by atoms with Gasteiger partial charge in [-0.2, -0.15) is 0 Å². The van der Waals surface area contributed by atoms with Gasteiger partial charge in [0.05, 0.1) is 12.2 Å². The first-order chi connectivity index (χ1) is 14.5. The molecule has 2 aliphatic rings. The Morgan fingerprint density at radius 1 is 1.10 bits per heavy atom. The number of thiocarbonyl (C=S) groups is 1. The highest BCUT2D eigenvalue weighted by atomic mass is 32.1. The van der Waals surface area contributed by atoms with Crippen molar-refractivity contribution < 1.29 is 23.9 Å². The first kappa shape index (κ1) is 19.5. The summed E-state index contributed by atoms with van der Waals surface area (Å²) in [6, 6.07) is 13.6. The topological polar surface area (TPSA) is 84.9 Å². The van der Waals surface area contributed by atoms with E-state index in [1.807, 2.05) is 6.92 Å². The summed E-state index contributed by atoms with van der Waals surface area (Å²) in [5.41, 5.74) is 0.958. The average Bonchev–Trinajstić information content (AvgIpc) is 2.99. The number of amides is 1. The van der Waals surface area contributed by atoms with Crippen LogP contribution in [-0.4, -0.2) is 34.3 Å². The van der Waals surface area contributed by atoms with Crippen molar-refractivity contribution in [1.29, 1.82) is 0 Å². The van der Waals surface area contributed by atoms with Gasteiger partial charge in [-0.3, -0.25) is 14.5 Å². The zero-order valence-corrected chi connectivity index (χ0v) is 16.7.